The SMILES string of the molecule is CCC(O)CCNC(=O)c1ccccc1-c1ccccc1C#N. The fraction of sp³-hybridized carbons (Fsp3) is 0.263. The van der Waals surface area contributed by atoms with Crippen LogP contribution in [0.15, 0.2) is 48.5 Å². The van der Waals surface area contributed by atoms with Crippen molar-refractivity contribution in [2.45, 2.75) is 25.9 Å². The van der Waals surface area contributed by atoms with Gasteiger partial charge in [-0.05, 0) is 30.5 Å². The molecule has 2 aromatic carbocycles. The highest BCUT2D eigenvalue weighted by Crippen LogP contribution is 2.26. The first-order valence-electron chi connectivity index (χ1n) is 7.72. The summed E-state index contributed by atoms with van der Waals surface area (Å²) in [5, 5.41) is 21.6. The van der Waals surface area contributed by atoms with E-state index in [0.29, 0.717) is 30.5 Å². The van der Waals surface area contributed by atoms with Crippen LogP contribution in [0, 0.1) is 11.3 Å². The summed E-state index contributed by atoms with van der Waals surface area (Å²) in [6, 6.07) is 16.6. The lowest BCUT2D eigenvalue weighted by molar-refractivity contribution is 0.0942. The molecule has 0 fully saturated rings. The van der Waals surface area contributed by atoms with Crippen molar-refractivity contribution in [3.05, 3.63) is 59.7 Å². The van der Waals surface area contributed by atoms with E-state index in [0.717, 1.165) is 11.1 Å². The average Bonchev–Trinajstić information content (AvgIpc) is 2.61. The molecule has 1 atom stereocenters. The third kappa shape index (κ3) is 4.18. The third-order valence-corrected chi connectivity index (χ3v) is 3.74. The number of nitrogens with one attached hydrogen (secondary N) is 1. The monoisotopic (exact) mass is 308 g/mol. The highest BCUT2D eigenvalue weighted by atomic mass is 16.3. The molecule has 0 aliphatic rings. The molecule has 4 nitrogen and oxygen atoms in total. The normalized spacial score (nSPS) is 11.5. The number of nitriles is 1. The van der Waals surface area contributed by atoms with Crippen LogP contribution in [-0.4, -0.2) is 23.7 Å². The van der Waals surface area contributed by atoms with Crippen molar-refractivity contribution in [1.29, 1.82) is 5.26 Å². The lowest BCUT2D eigenvalue weighted by Crippen LogP contribution is -2.27. The van der Waals surface area contributed by atoms with Crippen molar-refractivity contribution >= 4 is 5.91 Å². The summed E-state index contributed by atoms with van der Waals surface area (Å²) < 4.78 is 0. The number of benzene rings is 2. The van der Waals surface area contributed by atoms with Gasteiger partial charge in [0.1, 0.15) is 0 Å². The summed E-state index contributed by atoms with van der Waals surface area (Å²) in [7, 11) is 0. The van der Waals surface area contributed by atoms with Gasteiger partial charge in [-0.25, -0.2) is 0 Å². The summed E-state index contributed by atoms with van der Waals surface area (Å²) in [5.74, 6) is -0.198. The second-order valence-corrected chi connectivity index (χ2v) is 5.31. The molecule has 0 aliphatic heterocycles. The number of aliphatic hydroxyl groups is 1. The van der Waals surface area contributed by atoms with Crippen LogP contribution in [0.5, 0.6) is 0 Å². The fourth-order valence-corrected chi connectivity index (χ4v) is 2.38. The van der Waals surface area contributed by atoms with Crippen LogP contribution in [0.4, 0.5) is 0 Å². The van der Waals surface area contributed by atoms with Gasteiger partial charge in [-0.2, -0.15) is 5.26 Å². The highest BCUT2D eigenvalue weighted by molar-refractivity contribution is 6.01. The van der Waals surface area contributed by atoms with E-state index in [2.05, 4.69) is 11.4 Å². The maximum Gasteiger partial charge on any atom is 0.251 e. The number of aliphatic hydroxyl groups excluding tert-OH is 1. The van der Waals surface area contributed by atoms with Crippen LogP contribution in [0.2, 0.25) is 0 Å². The standard InChI is InChI=1S/C19H20N2O2/c1-2-15(22)11-12-21-19(23)18-10-6-5-9-17(18)16-8-4-3-7-14(16)13-20/h3-10,15,22H,2,11-12H2,1H3,(H,21,23). The summed E-state index contributed by atoms with van der Waals surface area (Å²) in [5.41, 5.74) is 2.54. The van der Waals surface area contributed by atoms with Gasteiger partial charge < -0.3 is 10.4 Å². The Labute approximate surface area is 136 Å². The molecule has 0 saturated carbocycles. The Bertz CT molecular complexity index is 719. The first-order valence-corrected chi connectivity index (χ1v) is 7.72. The van der Waals surface area contributed by atoms with Gasteiger partial charge in [-0.3, -0.25) is 4.79 Å². The van der Waals surface area contributed by atoms with Crippen LogP contribution in [0.3, 0.4) is 0 Å². The number of hydrogen-bond acceptors (Lipinski definition) is 3. The molecule has 118 valence electrons. The van der Waals surface area contributed by atoms with E-state index in [4.69, 9.17) is 0 Å². The van der Waals surface area contributed by atoms with Gasteiger partial charge in [-0.15, -0.1) is 0 Å². The molecule has 4 heteroatoms. The topological polar surface area (TPSA) is 73.1 Å². The van der Waals surface area contributed by atoms with Gasteiger partial charge in [-0.1, -0.05) is 43.3 Å². The predicted molar refractivity (Wildman–Crippen MR) is 89.8 cm³/mol. The van der Waals surface area contributed by atoms with E-state index in [9.17, 15) is 15.2 Å². The molecule has 0 aromatic heterocycles. The molecule has 0 aliphatic carbocycles. The molecule has 2 N–H and O–H groups in total. The maximum atomic E-state index is 12.4. The summed E-state index contributed by atoms with van der Waals surface area (Å²) >= 11 is 0. The smallest absolute Gasteiger partial charge is 0.251 e. The lowest BCUT2D eigenvalue weighted by atomic mass is 9.95. The minimum Gasteiger partial charge on any atom is -0.393 e. The number of nitrogens with zero attached hydrogens (tertiary/aromatic N) is 1. The molecule has 23 heavy (non-hydrogen) atoms. The molecule has 0 bridgehead atoms. The van der Waals surface area contributed by atoms with Crippen molar-refractivity contribution in [1.82, 2.24) is 5.32 Å². The Kier molecular flexibility index (Phi) is 5.90. The van der Waals surface area contributed by atoms with Gasteiger partial charge in [0.25, 0.3) is 5.91 Å². The molecular formula is C19H20N2O2. The summed E-state index contributed by atoms with van der Waals surface area (Å²) in [4.78, 5) is 12.4. The lowest BCUT2D eigenvalue weighted by Gasteiger charge is -2.12. The van der Waals surface area contributed by atoms with E-state index in [1.165, 1.54) is 0 Å². The minimum absolute atomic E-state index is 0.198. The molecule has 0 heterocycles. The van der Waals surface area contributed by atoms with E-state index in [1.807, 2.05) is 31.2 Å². The number of rotatable bonds is 6. The second kappa shape index (κ2) is 8.11. The van der Waals surface area contributed by atoms with Crippen LogP contribution < -0.4 is 5.32 Å². The first-order chi connectivity index (χ1) is 11.2. The zero-order valence-electron chi connectivity index (χ0n) is 13.1. The van der Waals surface area contributed by atoms with Crippen molar-refractivity contribution < 1.29 is 9.90 Å². The van der Waals surface area contributed by atoms with Crippen molar-refractivity contribution in [2.24, 2.45) is 0 Å². The highest BCUT2D eigenvalue weighted by Gasteiger charge is 2.14. The fourth-order valence-electron chi connectivity index (χ4n) is 2.38. The van der Waals surface area contributed by atoms with Gasteiger partial charge in [0.05, 0.1) is 17.7 Å². The van der Waals surface area contributed by atoms with Gasteiger partial charge in [0.2, 0.25) is 0 Å². The predicted octanol–water partition coefficient (Wildman–Crippen LogP) is 3.12. The Morgan fingerprint density at radius 2 is 1.83 bits per heavy atom. The number of hydrogen-bond donors (Lipinski definition) is 2. The quantitative estimate of drug-likeness (QED) is 0.861. The molecule has 0 spiro atoms. The third-order valence-electron chi connectivity index (χ3n) is 3.74. The minimum atomic E-state index is -0.398. The second-order valence-electron chi connectivity index (χ2n) is 5.31. The van der Waals surface area contributed by atoms with Crippen LogP contribution >= 0.6 is 0 Å². The van der Waals surface area contributed by atoms with E-state index >= 15 is 0 Å². The van der Waals surface area contributed by atoms with Crippen molar-refractivity contribution in [3.8, 4) is 17.2 Å². The molecule has 1 amide bonds. The van der Waals surface area contributed by atoms with E-state index < -0.39 is 6.10 Å². The molecule has 0 radical (unpaired) electrons. The van der Waals surface area contributed by atoms with E-state index in [1.54, 1.807) is 24.3 Å². The summed E-state index contributed by atoms with van der Waals surface area (Å²) in [6.45, 7) is 2.32. The van der Waals surface area contributed by atoms with Crippen LogP contribution in [-0.2, 0) is 0 Å². The van der Waals surface area contributed by atoms with E-state index in [-0.39, 0.29) is 5.91 Å². The van der Waals surface area contributed by atoms with Gasteiger partial charge >= 0.3 is 0 Å². The zero-order chi connectivity index (χ0) is 16.7. The summed E-state index contributed by atoms with van der Waals surface area (Å²) in [6.07, 6.45) is 0.797. The zero-order valence-corrected chi connectivity index (χ0v) is 13.1. The Morgan fingerprint density at radius 3 is 2.52 bits per heavy atom. The Morgan fingerprint density at radius 1 is 1.17 bits per heavy atom. The first kappa shape index (κ1) is 16.7. The molecule has 1 unspecified atom stereocenters. The molecular weight excluding hydrogens is 288 g/mol. The average molecular weight is 308 g/mol. The number of amides is 1. The Balaban J connectivity index is 2.24. The molecule has 0 saturated heterocycles. The van der Waals surface area contributed by atoms with Gasteiger partial charge in [0.15, 0.2) is 0 Å². The van der Waals surface area contributed by atoms with Crippen LogP contribution in [0.25, 0.3) is 11.1 Å². The largest absolute Gasteiger partial charge is 0.393 e. The number of carbonyl (C=O) groups is 1. The van der Waals surface area contributed by atoms with Gasteiger partial charge in [0, 0.05) is 17.7 Å². The van der Waals surface area contributed by atoms with Crippen molar-refractivity contribution in [3.63, 3.8) is 0 Å². The Hall–Kier alpha value is -2.64. The van der Waals surface area contributed by atoms with Crippen LogP contribution in [0.1, 0.15) is 35.7 Å². The molecule has 2 aromatic rings. The number of carbonyl (C=O) groups excluding carboxylic acids is 1. The van der Waals surface area contributed by atoms with Crippen molar-refractivity contribution in [2.75, 3.05) is 6.54 Å². The molecule has 2 rings (SSSR count). The maximum absolute atomic E-state index is 12.4.